The quantitative estimate of drug-likeness (QED) is 0.228. The minimum atomic E-state index is -1.68. The Morgan fingerprint density at radius 1 is 0.838 bits per heavy atom. The monoisotopic (exact) mass is 522 g/mol. The Bertz CT molecular complexity index is 1320. The molecule has 0 saturated carbocycles. The molecule has 1 aromatic heterocycles. The first-order chi connectivity index (χ1) is 17.6. The van der Waals surface area contributed by atoms with Crippen LogP contribution in [-0.2, 0) is 4.74 Å². The molecule has 2 aromatic carbocycles. The molecule has 0 unspecified atom stereocenters. The predicted octanol–water partition coefficient (Wildman–Crippen LogP) is 0.0757. The van der Waals surface area contributed by atoms with Crippen LogP contribution in [0.3, 0.4) is 0 Å². The van der Waals surface area contributed by atoms with Crippen molar-refractivity contribution in [2.45, 2.75) is 30.7 Å². The number of ether oxygens (including phenoxy) is 5. The summed E-state index contributed by atoms with van der Waals surface area (Å²) >= 11 is 0. The fourth-order valence-electron chi connectivity index (χ4n) is 3.99. The minimum Gasteiger partial charge on any atom is -0.504 e. The summed E-state index contributed by atoms with van der Waals surface area (Å²) < 4.78 is 32.7. The second-order valence-electron chi connectivity index (χ2n) is 8.15. The molecule has 0 radical (unpaired) electrons. The zero-order valence-electron chi connectivity index (χ0n) is 19.9. The molecule has 2 heterocycles. The molecule has 13 nitrogen and oxygen atoms in total. The first-order valence-corrected chi connectivity index (χ1v) is 10.9. The van der Waals surface area contributed by atoms with Gasteiger partial charge in [-0.15, -0.1) is 0 Å². The number of benzene rings is 2. The standard InChI is InChI=1S/C24H26O13/c1-32-13-7-12-17(20(29)18(13)27)10(26)6-11(35-12)9-4-14(33-2)23(15(5-9)34-3)37-24-22(31)21(30)19(28)16(8-25)36-24/h4-7,16,19,21-22,24-25,27-31H,8H2,1-3H3/t16-,19-,21+,22-,24+/m1/s1. The molecule has 0 spiro atoms. The van der Waals surface area contributed by atoms with Crippen LogP contribution in [0.25, 0.3) is 22.3 Å². The summed E-state index contributed by atoms with van der Waals surface area (Å²) in [6, 6.07) is 5.22. The molecular weight excluding hydrogens is 496 g/mol. The number of aliphatic hydroxyl groups excluding tert-OH is 4. The van der Waals surface area contributed by atoms with Crippen LogP contribution < -0.4 is 24.4 Å². The van der Waals surface area contributed by atoms with E-state index in [2.05, 4.69) is 0 Å². The van der Waals surface area contributed by atoms with Gasteiger partial charge in [-0.1, -0.05) is 0 Å². The Morgan fingerprint density at radius 3 is 2.03 bits per heavy atom. The number of hydrogen-bond acceptors (Lipinski definition) is 13. The van der Waals surface area contributed by atoms with Gasteiger partial charge in [0.15, 0.2) is 28.4 Å². The van der Waals surface area contributed by atoms with Crippen LogP contribution in [0, 0.1) is 0 Å². The highest BCUT2D eigenvalue weighted by atomic mass is 16.7. The van der Waals surface area contributed by atoms with Gasteiger partial charge in [0, 0.05) is 17.7 Å². The molecule has 1 aliphatic heterocycles. The predicted molar refractivity (Wildman–Crippen MR) is 125 cm³/mol. The highest BCUT2D eigenvalue weighted by Crippen LogP contribution is 2.45. The summed E-state index contributed by atoms with van der Waals surface area (Å²) in [5.41, 5.74) is -0.416. The third kappa shape index (κ3) is 4.58. The van der Waals surface area contributed by atoms with E-state index in [4.69, 9.17) is 28.1 Å². The van der Waals surface area contributed by atoms with Gasteiger partial charge in [0.2, 0.25) is 17.8 Å². The number of rotatable bonds is 7. The Balaban J connectivity index is 1.78. The lowest BCUT2D eigenvalue weighted by atomic mass is 9.99. The van der Waals surface area contributed by atoms with Crippen LogP contribution in [0.4, 0.5) is 0 Å². The summed E-state index contributed by atoms with van der Waals surface area (Å²) in [5, 5.41) is 59.8. The SMILES string of the molecule is COc1cc2oc(-c3cc(OC)c(O[C@@H]4O[C@H](CO)[C@@H](O)[C@H](O)[C@H]4O)c(OC)c3)cc(=O)c2c(O)c1O. The van der Waals surface area contributed by atoms with Gasteiger partial charge < -0.3 is 58.7 Å². The van der Waals surface area contributed by atoms with E-state index in [0.29, 0.717) is 5.56 Å². The molecule has 0 amide bonds. The third-order valence-corrected chi connectivity index (χ3v) is 5.98. The molecular formula is C24H26O13. The number of phenols is 2. The zero-order chi connectivity index (χ0) is 27.0. The maximum atomic E-state index is 12.8. The molecule has 0 aliphatic carbocycles. The van der Waals surface area contributed by atoms with Gasteiger partial charge in [-0.2, -0.15) is 0 Å². The molecule has 1 aliphatic rings. The first kappa shape index (κ1) is 26.3. The number of aromatic hydroxyl groups is 2. The number of fused-ring (bicyclic) bond motifs is 1. The van der Waals surface area contributed by atoms with Gasteiger partial charge in [0.1, 0.15) is 41.1 Å². The van der Waals surface area contributed by atoms with Gasteiger partial charge in [-0.05, 0) is 12.1 Å². The molecule has 3 aromatic rings. The summed E-state index contributed by atoms with van der Waals surface area (Å²) in [4.78, 5) is 12.8. The van der Waals surface area contributed by atoms with Crippen molar-refractivity contribution in [1.29, 1.82) is 0 Å². The second-order valence-corrected chi connectivity index (χ2v) is 8.15. The smallest absolute Gasteiger partial charge is 0.229 e. The topological polar surface area (TPSA) is 198 Å². The van der Waals surface area contributed by atoms with Crippen molar-refractivity contribution in [2.75, 3.05) is 27.9 Å². The van der Waals surface area contributed by atoms with Gasteiger partial charge in [0.05, 0.1) is 27.9 Å². The van der Waals surface area contributed by atoms with Crippen molar-refractivity contribution in [2.24, 2.45) is 0 Å². The van der Waals surface area contributed by atoms with E-state index in [1.165, 1.54) is 39.5 Å². The van der Waals surface area contributed by atoms with E-state index in [1.807, 2.05) is 0 Å². The second kappa shape index (κ2) is 10.3. The number of methoxy groups -OCH3 is 3. The summed E-state index contributed by atoms with van der Waals surface area (Å²) in [5.74, 6) is -1.30. The summed E-state index contributed by atoms with van der Waals surface area (Å²) in [7, 11) is 3.91. The summed E-state index contributed by atoms with van der Waals surface area (Å²) in [6.07, 6.45) is -7.61. The molecule has 4 rings (SSSR count). The Kier molecular flexibility index (Phi) is 7.34. The van der Waals surface area contributed by atoms with Crippen molar-refractivity contribution in [3.63, 3.8) is 0 Å². The van der Waals surface area contributed by atoms with Crippen LogP contribution in [0.15, 0.2) is 33.5 Å². The molecule has 1 fully saturated rings. The highest BCUT2D eigenvalue weighted by Gasteiger charge is 2.45. The maximum Gasteiger partial charge on any atom is 0.229 e. The van der Waals surface area contributed by atoms with Crippen LogP contribution in [0.5, 0.6) is 34.5 Å². The van der Waals surface area contributed by atoms with E-state index >= 15 is 0 Å². The lowest BCUT2D eigenvalue weighted by Gasteiger charge is -2.39. The highest BCUT2D eigenvalue weighted by molar-refractivity contribution is 5.89. The van der Waals surface area contributed by atoms with Gasteiger partial charge in [-0.3, -0.25) is 4.79 Å². The van der Waals surface area contributed by atoms with Crippen molar-refractivity contribution >= 4 is 11.0 Å². The van der Waals surface area contributed by atoms with Gasteiger partial charge >= 0.3 is 0 Å². The summed E-state index contributed by atoms with van der Waals surface area (Å²) in [6.45, 7) is -0.642. The van der Waals surface area contributed by atoms with Crippen molar-refractivity contribution in [3.05, 3.63) is 34.5 Å². The van der Waals surface area contributed by atoms with E-state index in [-0.39, 0.29) is 39.7 Å². The molecule has 5 atom stereocenters. The van der Waals surface area contributed by atoms with Gasteiger partial charge in [0.25, 0.3) is 0 Å². The van der Waals surface area contributed by atoms with Crippen LogP contribution >= 0.6 is 0 Å². The first-order valence-electron chi connectivity index (χ1n) is 10.9. The van der Waals surface area contributed by atoms with E-state index in [0.717, 1.165) is 6.07 Å². The average Bonchev–Trinajstić information content (AvgIpc) is 2.90. The largest absolute Gasteiger partial charge is 0.504 e. The normalized spacial score (nSPS) is 23.6. The van der Waals surface area contributed by atoms with Crippen molar-refractivity contribution in [1.82, 2.24) is 0 Å². The average molecular weight is 522 g/mol. The number of phenolic OH excluding ortho intramolecular Hbond substituents is 2. The Hall–Kier alpha value is -3.75. The van der Waals surface area contributed by atoms with Gasteiger partial charge in [-0.25, -0.2) is 0 Å². The maximum absolute atomic E-state index is 12.8. The molecule has 6 N–H and O–H groups in total. The van der Waals surface area contributed by atoms with Crippen LogP contribution in [0.2, 0.25) is 0 Å². The van der Waals surface area contributed by atoms with Crippen LogP contribution in [0.1, 0.15) is 0 Å². The Morgan fingerprint density at radius 2 is 1.46 bits per heavy atom. The fourth-order valence-corrected chi connectivity index (χ4v) is 3.99. The van der Waals surface area contributed by atoms with Crippen molar-refractivity contribution < 1.29 is 58.7 Å². The fraction of sp³-hybridized carbons (Fsp3) is 0.375. The van der Waals surface area contributed by atoms with E-state index in [9.17, 15) is 35.4 Å². The van der Waals surface area contributed by atoms with E-state index < -0.39 is 54.2 Å². The number of aliphatic hydroxyl groups is 4. The Labute approximate surface area is 209 Å². The van der Waals surface area contributed by atoms with E-state index in [1.54, 1.807) is 0 Å². The molecule has 0 bridgehead atoms. The lowest BCUT2D eigenvalue weighted by molar-refractivity contribution is -0.277. The zero-order valence-corrected chi connectivity index (χ0v) is 19.9. The molecule has 37 heavy (non-hydrogen) atoms. The lowest BCUT2D eigenvalue weighted by Crippen LogP contribution is -2.60. The molecule has 200 valence electrons. The third-order valence-electron chi connectivity index (χ3n) is 5.98. The number of hydrogen-bond donors (Lipinski definition) is 6. The molecule has 13 heteroatoms. The van der Waals surface area contributed by atoms with Crippen LogP contribution in [-0.4, -0.2) is 89.3 Å². The van der Waals surface area contributed by atoms with Crippen molar-refractivity contribution in [3.8, 4) is 45.8 Å². The molecule has 1 saturated heterocycles. The minimum absolute atomic E-state index is 0.0423.